The highest BCUT2D eigenvalue weighted by molar-refractivity contribution is 7.56. The predicted octanol–water partition coefficient (Wildman–Crippen LogP) is 2.50. The molecule has 0 amide bonds. The first-order valence-corrected chi connectivity index (χ1v) is 7.93. The molecule has 0 aromatic carbocycles. The molecule has 0 aliphatic carbocycles. The summed E-state index contributed by atoms with van der Waals surface area (Å²) in [7, 11) is 0. The van der Waals surface area contributed by atoms with Gasteiger partial charge in [0, 0.05) is 4.50 Å². The zero-order valence-electron chi connectivity index (χ0n) is 4.90. The van der Waals surface area contributed by atoms with Gasteiger partial charge in [-0.1, -0.05) is 6.07 Å². The molecule has 1 aromatic rings. The lowest BCUT2D eigenvalue weighted by molar-refractivity contribution is 2.04. The lowest BCUT2D eigenvalue weighted by atomic mass is 10.7. The monoisotopic (exact) mass is 196 g/mol. The molecule has 0 bridgehead atoms. The second-order valence-corrected chi connectivity index (χ2v) is 10.6. The third kappa shape index (κ3) is 1.97. The van der Waals surface area contributed by atoms with Crippen LogP contribution in [-0.2, 0) is 0 Å². The average Bonchev–Trinajstić information content (AvgIpc) is 2.08. The van der Waals surface area contributed by atoms with E-state index in [0.29, 0.717) is 0 Å². The Morgan fingerprint density at radius 3 is 2.44 bits per heavy atom. The first-order valence-electron chi connectivity index (χ1n) is 2.52. The molecule has 0 nitrogen and oxygen atoms in total. The summed E-state index contributed by atoms with van der Waals surface area (Å²) in [5.74, 6) is 0. The van der Waals surface area contributed by atoms with Crippen LogP contribution in [0, 0.1) is 0 Å². The fourth-order valence-corrected chi connectivity index (χ4v) is 3.59. The van der Waals surface area contributed by atoms with Gasteiger partial charge in [-0.15, -0.1) is 22.2 Å². The summed E-state index contributed by atoms with van der Waals surface area (Å²) >= 11 is 13.5. The first-order chi connectivity index (χ1) is 4.11. The van der Waals surface area contributed by atoms with Crippen LogP contribution in [0.1, 0.15) is 0 Å². The van der Waals surface area contributed by atoms with Crippen molar-refractivity contribution in [3.8, 4) is 0 Å². The molecule has 0 saturated carbocycles. The molecular formula is C5H6Cl2SSi. The molecule has 0 spiro atoms. The topological polar surface area (TPSA) is 0 Å². The van der Waals surface area contributed by atoms with Crippen molar-refractivity contribution >= 4 is 44.7 Å². The molecule has 4 heteroatoms. The normalized spacial score (nSPS) is 11.9. The minimum atomic E-state index is -2.02. The summed E-state index contributed by atoms with van der Waals surface area (Å²) < 4.78 is 1.13. The molecule has 0 N–H and O–H groups in total. The Kier molecular flexibility index (Phi) is 2.21. The van der Waals surface area contributed by atoms with E-state index in [1.807, 2.05) is 24.1 Å². The Labute approximate surface area is 68.8 Å². The second kappa shape index (κ2) is 2.62. The highest BCUT2D eigenvalue weighted by Crippen LogP contribution is 2.16. The van der Waals surface area contributed by atoms with Gasteiger partial charge in [0.2, 0.25) is 0 Å². The van der Waals surface area contributed by atoms with E-state index in [1.54, 1.807) is 11.3 Å². The van der Waals surface area contributed by atoms with E-state index >= 15 is 0 Å². The number of halogens is 2. The van der Waals surface area contributed by atoms with E-state index < -0.39 is 6.69 Å². The second-order valence-electron chi connectivity index (χ2n) is 1.87. The molecule has 1 rings (SSSR count). The molecule has 1 aromatic heterocycles. The van der Waals surface area contributed by atoms with E-state index in [-0.39, 0.29) is 0 Å². The van der Waals surface area contributed by atoms with Gasteiger partial charge in [-0.2, -0.15) is 11.3 Å². The van der Waals surface area contributed by atoms with Crippen LogP contribution < -0.4 is 4.50 Å². The molecule has 0 aliphatic heterocycles. The molecule has 0 fully saturated rings. The summed E-state index contributed by atoms with van der Waals surface area (Å²) in [5, 5.41) is 1.99. The van der Waals surface area contributed by atoms with Crippen LogP contribution in [0.5, 0.6) is 0 Å². The number of thiophene rings is 1. The lowest BCUT2D eigenvalue weighted by Gasteiger charge is -2.04. The van der Waals surface area contributed by atoms with E-state index in [4.69, 9.17) is 22.2 Å². The predicted molar refractivity (Wildman–Crippen MR) is 47.3 cm³/mol. The van der Waals surface area contributed by atoms with Crippen molar-refractivity contribution in [3.63, 3.8) is 0 Å². The summed E-state index contributed by atoms with van der Waals surface area (Å²) in [6, 6.07) is 3.95. The van der Waals surface area contributed by atoms with E-state index in [1.165, 1.54) is 0 Å². The Morgan fingerprint density at radius 1 is 1.56 bits per heavy atom. The van der Waals surface area contributed by atoms with Crippen molar-refractivity contribution in [1.82, 2.24) is 0 Å². The lowest BCUT2D eigenvalue weighted by Crippen LogP contribution is -2.29. The Hall–Kier alpha value is 0.497. The molecule has 0 saturated heterocycles. The van der Waals surface area contributed by atoms with Crippen LogP contribution >= 0.6 is 33.5 Å². The van der Waals surface area contributed by atoms with Crippen molar-refractivity contribution in [2.24, 2.45) is 0 Å². The van der Waals surface area contributed by atoms with Gasteiger partial charge in [-0.25, -0.2) is 0 Å². The smallest absolute Gasteiger partial charge is 0.151 e. The number of rotatable bonds is 1. The van der Waals surface area contributed by atoms with Crippen LogP contribution in [0.2, 0.25) is 6.55 Å². The Bertz CT molecular complexity index is 177. The van der Waals surface area contributed by atoms with Gasteiger partial charge < -0.3 is 0 Å². The number of hydrogen-bond donors (Lipinski definition) is 0. The van der Waals surface area contributed by atoms with E-state index in [2.05, 4.69) is 0 Å². The molecule has 50 valence electrons. The van der Waals surface area contributed by atoms with E-state index in [9.17, 15) is 0 Å². The summed E-state index contributed by atoms with van der Waals surface area (Å²) in [6.45, 7) is -0.113. The van der Waals surface area contributed by atoms with Gasteiger partial charge in [-0.3, -0.25) is 0 Å². The zero-order valence-corrected chi connectivity index (χ0v) is 8.22. The highest BCUT2D eigenvalue weighted by Gasteiger charge is 2.24. The van der Waals surface area contributed by atoms with E-state index in [0.717, 1.165) is 4.50 Å². The van der Waals surface area contributed by atoms with Crippen LogP contribution in [-0.4, -0.2) is 6.69 Å². The minimum absolute atomic E-state index is 1.13. The quantitative estimate of drug-likeness (QED) is 0.479. The Balaban J connectivity index is 2.90. The van der Waals surface area contributed by atoms with Crippen molar-refractivity contribution in [2.45, 2.75) is 6.55 Å². The standard InChI is InChI=1S/C5H6Cl2SSi/c1-9(6,7)5-3-2-4-8-5/h2-4H,1H3. The summed E-state index contributed by atoms with van der Waals surface area (Å²) in [4.78, 5) is 0. The maximum atomic E-state index is 5.91. The molecule has 0 radical (unpaired) electrons. The van der Waals surface area contributed by atoms with Gasteiger partial charge in [-0.05, 0) is 18.0 Å². The maximum absolute atomic E-state index is 5.91. The average molecular weight is 197 g/mol. The fourth-order valence-electron chi connectivity index (χ4n) is 0.528. The van der Waals surface area contributed by atoms with Crippen LogP contribution in [0.4, 0.5) is 0 Å². The highest BCUT2D eigenvalue weighted by atomic mass is 35.7. The molecule has 9 heavy (non-hydrogen) atoms. The minimum Gasteiger partial charge on any atom is -0.151 e. The van der Waals surface area contributed by atoms with Gasteiger partial charge in [0.1, 0.15) is 0 Å². The van der Waals surface area contributed by atoms with Crippen molar-refractivity contribution in [2.75, 3.05) is 0 Å². The van der Waals surface area contributed by atoms with Gasteiger partial charge >= 0.3 is 0 Å². The van der Waals surface area contributed by atoms with Crippen molar-refractivity contribution in [3.05, 3.63) is 17.5 Å². The third-order valence-corrected chi connectivity index (χ3v) is 6.14. The number of hydrogen-bond acceptors (Lipinski definition) is 1. The largest absolute Gasteiger partial charge is 0.287 e. The fraction of sp³-hybridized carbons (Fsp3) is 0.200. The zero-order chi connectivity index (χ0) is 6.91. The Morgan fingerprint density at radius 2 is 2.22 bits per heavy atom. The van der Waals surface area contributed by atoms with Gasteiger partial charge in [0.05, 0.1) is 0 Å². The van der Waals surface area contributed by atoms with Crippen molar-refractivity contribution in [1.29, 1.82) is 0 Å². The van der Waals surface area contributed by atoms with Crippen LogP contribution in [0.3, 0.4) is 0 Å². The molecule has 0 atom stereocenters. The molecule has 0 unspecified atom stereocenters. The summed E-state index contributed by atoms with van der Waals surface area (Å²) in [5.41, 5.74) is 0. The SMILES string of the molecule is C[Si](Cl)(Cl)c1cccs1. The summed E-state index contributed by atoms with van der Waals surface area (Å²) in [6.07, 6.45) is 0. The van der Waals surface area contributed by atoms with Crippen molar-refractivity contribution < 1.29 is 0 Å². The first kappa shape index (κ1) is 7.60. The van der Waals surface area contributed by atoms with Crippen LogP contribution in [0.25, 0.3) is 0 Å². The molecule has 1 heterocycles. The van der Waals surface area contributed by atoms with Crippen LogP contribution in [0.15, 0.2) is 17.5 Å². The molecular weight excluding hydrogens is 191 g/mol. The maximum Gasteiger partial charge on any atom is 0.287 e. The van der Waals surface area contributed by atoms with Gasteiger partial charge in [0.15, 0.2) is 0 Å². The third-order valence-electron chi connectivity index (χ3n) is 0.954. The molecule has 0 aliphatic rings. The van der Waals surface area contributed by atoms with Gasteiger partial charge in [0.25, 0.3) is 6.69 Å².